The van der Waals surface area contributed by atoms with Gasteiger partial charge in [-0.25, -0.2) is 0 Å². The molecule has 1 heterocycles. The van der Waals surface area contributed by atoms with E-state index in [-0.39, 0.29) is 0 Å². The maximum atomic E-state index is 4.67. The number of oxime groups is 1. The van der Waals surface area contributed by atoms with Crippen LogP contribution in [-0.4, -0.2) is 26.9 Å². The Hall–Kier alpha value is -1.51. The summed E-state index contributed by atoms with van der Waals surface area (Å²) in [6.07, 6.45) is 4.14. The van der Waals surface area contributed by atoms with Gasteiger partial charge in [0.1, 0.15) is 7.11 Å². The highest BCUT2D eigenvalue weighted by molar-refractivity contribution is 5.81. The first kappa shape index (κ1) is 10.0. The average Bonchev–Trinajstić information content (AvgIpc) is 2.26. The summed E-state index contributed by atoms with van der Waals surface area (Å²) < 4.78 is 0. The Labute approximate surface area is 90.3 Å². The summed E-state index contributed by atoms with van der Waals surface area (Å²) in [5.74, 6) is 0. The highest BCUT2D eigenvalue weighted by Gasteiger charge is 2.12. The van der Waals surface area contributed by atoms with E-state index in [2.05, 4.69) is 40.1 Å². The van der Waals surface area contributed by atoms with Crippen LogP contribution in [0, 0.1) is 0 Å². The van der Waals surface area contributed by atoms with E-state index in [1.165, 1.54) is 17.7 Å². The molecule has 1 aliphatic rings. The normalized spacial score (nSPS) is 15.5. The van der Waals surface area contributed by atoms with Gasteiger partial charge in [-0.15, -0.1) is 0 Å². The quantitative estimate of drug-likeness (QED) is 0.544. The summed E-state index contributed by atoms with van der Waals surface area (Å²) in [5, 5.41) is 3.77. The zero-order chi connectivity index (χ0) is 10.7. The van der Waals surface area contributed by atoms with Gasteiger partial charge in [0.2, 0.25) is 0 Å². The van der Waals surface area contributed by atoms with E-state index >= 15 is 0 Å². The molecule has 1 aliphatic heterocycles. The van der Waals surface area contributed by atoms with E-state index in [1.54, 1.807) is 13.3 Å². The number of benzene rings is 1. The van der Waals surface area contributed by atoms with E-state index in [1.807, 2.05) is 0 Å². The third-order valence-corrected chi connectivity index (χ3v) is 2.76. The van der Waals surface area contributed by atoms with Crippen LogP contribution in [0.15, 0.2) is 23.4 Å². The number of rotatable bonds is 2. The predicted octanol–water partition coefficient (Wildman–Crippen LogP) is 2.05. The lowest BCUT2D eigenvalue weighted by atomic mass is 10.00. The first-order valence-corrected chi connectivity index (χ1v) is 5.22. The molecule has 3 nitrogen and oxygen atoms in total. The molecule has 1 aromatic carbocycles. The molecule has 0 aromatic heterocycles. The summed E-state index contributed by atoms with van der Waals surface area (Å²) >= 11 is 0. The molecule has 80 valence electrons. The summed E-state index contributed by atoms with van der Waals surface area (Å²) in [7, 11) is 3.70. The van der Waals surface area contributed by atoms with Gasteiger partial charge in [-0.2, -0.15) is 0 Å². The van der Waals surface area contributed by atoms with Gasteiger partial charge in [0.05, 0.1) is 6.21 Å². The van der Waals surface area contributed by atoms with Gasteiger partial charge in [0, 0.05) is 19.3 Å². The van der Waals surface area contributed by atoms with Crippen LogP contribution in [0.4, 0.5) is 5.69 Å². The minimum atomic E-state index is 1.10. The lowest BCUT2D eigenvalue weighted by Gasteiger charge is -2.27. The van der Waals surface area contributed by atoms with Crippen LogP contribution >= 0.6 is 0 Å². The van der Waals surface area contributed by atoms with Crippen LogP contribution in [0.25, 0.3) is 0 Å². The number of hydrogen-bond donors (Lipinski definition) is 0. The van der Waals surface area contributed by atoms with Gasteiger partial charge in [0.25, 0.3) is 0 Å². The van der Waals surface area contributed by atoms with Crippen molar-refractivity contribution in [3.63, 3.8) is 0 Å². The van der Waals surface area contributed by atoms with Gasteiger partial charge < -0.3 is 9.74 Å². The highest BCUT2D eigenvalue weighted by Crippen LogP contribution is 2.26. The summed E-state index contributed by atoms with van der Waals surface area (Å²) in [6.45, 7) is 1.15. The number of hydrogen-bond acceptors (Lipinski definition) is 3. The second-order valence-electron chi connectivity index (χ2n) is 3.83. The molecule has 0 radical (unpaired) electrons. The van der Waals surface area contributed by atoms with Crippen molar-refractivity contribution in [2.75, 3.05) is 25.6 Å². The van der Waals surface area contributed by atoms with E-state index in [4.69, 9.17) is 0 Å². The molecule has 0 atom stereocenters. The molecule has 0 fully saturated rings. The number of anilines is 1. The molecule has 0 spiro atoms. The van der Waals surface area contributed by atoms with Gasteiger partial charge in [-0.1, -0.05) is 11.2 Å². The standard InChI is InChI=1S/C12H16N2O/c1-14-7-3-4-11-8-10(9-13-15-2)5-6-12(11)14/h5-6,8-9H,3-4,7H2,1-2H3. The molecule has 0 saturated carbocycles. The molecule has 0 amide bonds. The Morgan fingerprint density at radius 2 is 2.33 bits per heavy atom. The van der Waals surface area contributed by atoms with Gasteiger partial charge in [0.15, 0.2) is 0 Å². The zero-order valence-corrected chi connectivity index (χ0v) is 9.23. The summed E-state index contributed by atoms with van der Waals surface area (Å²) in [4.78, 5) is 6.97. The second kappa shape index (κ2) is 4.34. The van der Waals surface area contributed by atoms with Crippen molar-refractivity contribution >= 4 is 11.9 Å². The van der Waals surface area contributed by atoms with Crippen molar-refractivity contribution in [1.29, 1.82) is 0 Å². The average molecular weight is 204 g/mol. The largest absolute Gasteiger partial charge is 0.399 e. The Morgan fingerprint density at radius 1 is 1.47 bits per heavy atom. The van der Waals surface area contributed by atoms with Crippen LogP contribution in [0.2, 0.25) is 0 Å². The maximum absolute atomic E-state index is 4.67. The Morgan fingerprint density at radius 3 is 3.13 bits per heavy atom. The number of fused-ring (bicyclic) bond motifs is 1. The molecular formula is C12H16N2O. The predicted molar refractivity (Wildman–Crippen MR) is 62.6 cm³/mol. The fraction of sp³-hybridized carbons (Fsp3) is 0.417. The van der Waals surface area contributed by atoms with Crippen molar-refractivity contribution in [1.82, 2.24) is 0 Å². The fourth-order valence-electron chi connectivity index (χ4n) is 2.00. The molecule has 0 unspecified atom stereocenters. The molecule has 3 heteroatoms. The number of nitrogens with zero attached hydrogens (tertiary/aromatic N) is 2. The van der Waals surface area contributed by atoms with Gasteiger partial charge in [-0.3, -0.25) is 0 Å². The van der Waals surface area contributed by atoms with Crippen LogP contribution in [0.5, 0.6) is 0 Å². The minimum absolute atomic E-state index is 1.10. The second-order valence-corrected chi connectivity index (χ2v) is 3.83. The SMILES string of the molecule is CON=Cc1ccc2c(c1)CCCN2C. The molecule has 0 N–H and O–H groups in total. The Balaban J connectivity index is 2.29. The zero-order valence-electron chi connectivity index (χ0n) is 9.23. The van der Waals surface area contributed by atoms with Gasteiger partial charge >= 0.3 is 0 Å². The van der Waals surface area contributed by atoms with Crippen molar-refractivity contribution in [3.05, 3.63) is 29.3 Å². The van der Waals surface area contributed by atoms with Crippen molar-refractivity contribution in [2.45, 2.75) is 12.8 Å². The monoisotopic (exact) mass is 204 g/mol. The molecule has 15 heavy (non-hydrogen) atoms. The third kappa shape index (κ3) is 2.12. The lowest BCUT2D eigenvalue weighted by Crippen LogP contribution is -2.24. The Bertz CT molecular complexity index is 374. The maximum Gasteiger partial charge on any atom is 0.106 e. The van der Waals surface area contributed by atoms with E-state index in [0.29, 0.717) is 0 Å². The van der Waals surface area contributed by atoms with Crippen LogP contribution in [-0.2, 0) is 11.3 Å². The molecule has 1 aromatic rings. The van der Waals surface area contributed by atoms with E-state index < -0.39 is 0 Å². The smallest absolute Gasteiger partial charge is 0.106 e. The van der Waals surface area contributed by atoms with Crippen LogP contribution in [0.3, 0.4) is 0 Å². The Kier molecular flexibility index (Phi) is 2.90. The van der Waals surface area contributed by atoms with Crippen molar-refractivity contribution in [2.24, 2.45) is 5.16 Å². The molecule has 0 aliphatic carbocycles. The van der Waals surface area contributed by atoms with Gasteiger partial charge in [-0.05, 0) is 36.1 Å². The molecule has 2 rings (SSSR count). The number of aryl methyl sites for hydroxylation is 1. The van der Waals surface area contributed by atoms with Crippen LogP contribution in [0.1, 0.15) is 17.5 Å². The van der Waals surface area contributed by atoms with Crippen molar-refractivity contribution in [3.8, 4) is 0 Å². The summed E-state index contributed by atoms with van der Waals surface area (Å²) in [5.41, 5.74) is 3.85. The van der Waals surface area contributed by atoms with Crippen molar-refractivity contribution < 1.29 is 4.84 Å². The molecule has 0 saturated heterocycles. The molecular weight excluding hydrogens is 188 g/mol. The molecule has 0 bridgehead atoms. The first-order chi connectivity index (χ1) is 7.31. The fourth-order valence-corrected chi connectivity index (χ4v) is 2.00. The highest BCUT2D eigenvalue weighted by atomic mass is 16.6. The summed E-state index contributed by atoms with van der Waals surface area (Å²) in [6, 6.07) is 6.42. The van der Waals surface area contributed by atoms with E-state index in [9.17, 15) is 0 Å². The van der Waals surface area contributed by atoms with Crippen LogP contribution < -0.4 is 4.90 Å². The minimum Gasteiger partial charge on any atom is -0.399 e. The third-order valence-electron chi connectivity index (χ3n) is 2.76. The first-order valence-electron chi connectivity index (χ1n) is 5.22. The lowest BCUT2D eigenvalue weighted by molar-refractivity contribution is 0.215. The van der Waals surface area contributed by atoms with E-state index in [0.717, 1.165) is 18.5 Å². The topological polar surface area (TPSA) is 24.8 Å².